The number of ether oxygens (including phenoxy) is 1. The third-order valence-electron chi connectivity index (χ3n) is 4.62. The van der Waals surface area contributed by atoms with Gasteiger partial charge in [-0.2, -0.15) is 0 Å². The number of carbonyl (C=O) groups excluding carboxylic acids is 1. The maximum atomic E-state index is 14.1. The van der Waals surface area contributed by atoms with Gasteiger partial charge in [0.15, 0.2) is 0 Å². The Labute approximate surface area is 150 Å². The van der Waals surface area contributed by atoms with E-state index in [1.807, 2.05) is 18.2 Å². The fourth-order valence-corrected chi connectivity index (χ4v) is 3.11. The highest BCUT2D eigenvalue weighted by atomic mass is 19.1. The van der Waals surface area contributed by atoms with E-state index in [9.17, 15) is 9.18 Å². The van der Waals surface area contributed by atoms with Crippen LogP contribution in [0.5, 0.6) is 5.88 Å². The highest BCUT2D eigenvalue weighted by Crippen LogP contribution is 2.46. The summed E-state index contributed by atoms with van der Waals surface area (Å²) in [6, 6.07) is 15.3. The second-order valence-corrected chi connectivity index (χ2v) is 6.40. The minimum absolute atomic E-state index is 0.295. The van der Waals surface area contributed by atoms with E-state index in [0.717, 1.165) is 23.7 Å². The van der Waals surface area contributed by atoms with Gasteiger partial charge in [0.2, 0.25) is 5.88 Å². The lowest BCUT2D eigenvalue weighted by molar-refractivity contribution is 0.247. The van der Waals surface area contributed by atoms with Crippen LogP contribution in [-0.2, 0) is 5.54 Å². The Hall–Kier alpha value is -3.15. The number of hydrogen-bond acceptors (Lipinski definition) is 3. The molecule has 5 nitrogen and oxygen atoms in total. The predicted molar refractivity (Wildman–Crippen MR) is 97.8 cm³/mol. The van der Waals surface area contributed by atoms with Gasteiger partial charge in [0.1, 0.15) is 5.82 Å². The first-order valence-corrected chi connectivity index (χ1v) is 8.39. The van der Waals surface area contributed by atoms with Gasteiger partial charge >= 0.3 is 6.03 Å². The van der Waals surface area contributed by atoms with E-state index in [0.29, 0.717) is 17.1 Å². The number of hydrogen-bond donors (Lipinski definition) is 2. The number of pyridine rings is 1. The Bertz CT molecular complexity index is 986. The fraction of sp³-hybridized carbons (Fsp3) is 0.200. The summed E-state index contributed by atoms with van der Waals surface area (Å²) in [7, 11) is 1.57. The van der Waals surface area contributed by atoms with Crippen molar-refractivity contribution in [3.8, 4) is 5.88 Å². The summed E-state index contributed by atoms with van der Waals surface area (Å²) in [6.45, 7) is 0. The van der Waals surface area contributed by atoms with E-state index in [2.05, 4.69) is 15.6 Å². The van der Waals surface area contributed by atoms with Crippen molar-refractivity contribution in [2.75, 3.05) is 12.4 Å². The lowest BCUT2D eigenvalue weighted by Crippen LogP contribution is -2.38. The number of urea groups is 1. The molecule has 0 atom stereocenters. The Morgan fingerprint density at radius 1 is 1.15 bits per heavy atom. The Kier molecular flexibility index (Phi) is 3.95. The van der Waals surface area contributed by atoms with Crippen molar-refractivity contribution in [2.45, 2.75) is 18.4 Å². The zero-order valence-corrected chi connectivity index (χ0v) is 14.3. The van der Waals surface area contributed by atoms with Crippen LogP contribution in [-0.4, -0.2) is 18.1 Å². The van der Waals surface area contributed by atoms with Crippen molar-refractivity contribution in [1.29, 1.82) is 0 Å². The first-order valence-electron chi connectivity index (χ1n) is 8.39. The molecule has 0 bridgehead atoms. The topological polar surface area (TPSA) is 63.2 Å². The minimum Gasteiger partial charge on any atom is -0.481 e. The summed E-state index contributed by atoms with van der Waals surface area (Å²) in [6.07, 6.45) is 1.45. The van der Waals surface area contributed by atoms with Gasteiger partial charge in [-0.05, 0) is 43.2 Å². The van der Waals surface area contributed by atoms with E-state index in [4.69, 9.17) is 4.74 Å². The number of amides is 2. The molecule has 0 unspecified atom stereocenters. The summed E-state index contributed by atoms with van der Waals surface area (Å²) in [4.78, 5) is 16.7. The van der Waals surface area contributed by atoms with Gasteiger partial charge in [0.05, 0.1) is 18.2 Å². The normalized spacial score (nSPS) is 14.7. The van der Waals surface area contributed by atoms with Gasteiger partial charge < -0.3 is 15.4 Å². The van der Waals surface area contributed by atoms with Crippen LogP contribution < -0.4 is 15.4 Å². The van der Waals surface area contributed by atoms with Gasteiger partial charge in [0, 0.05) is 22.7 Å². The highest BCUT2D eigenvalue weighted by Gasteiger charge is 2.47. The Morgan fingerprint density at radius 2 is 1.96 bits per heavy atom. The summed E-state index contributed by atoms with van der Waals surface area (Å²) in [5.74, 6) is 0.243. The van der Waals surface area contributed by atoms with Gasteiger partial charge in [-0.25, -0.2) is 14.2 Å². The predicted octanol–water partition coefficient (Wildman–Crippen LogP) is 4.19. The molecule has 1 aliphatic carbocycles. The van der Waals surface area contributed by atoms with E-state index in [-0.39, 0.29) is 11.8 Å². The molecule has 132 valence electrons. The van der Waals surface area contributed by atoms with Crippen molar-refractivity contribution < 1.29 is 13.9 Å². The van der Waals surface area contributed by atoms with Gasteiger partial charge in [-0.15, -0.1) is 0 Å². The van der Waals surface area contributed by atoms with Crippen LogP contribution >= 0.6 is 0 Å². The number of rotatable bonds is 4. The van der Waals surface area contributed by atoms with Crippen molar-refractivity contribution in [3.63, 3.8) is 0 Å². The molecule has 0 radical (unpaired) electrons. The number of carbonyl (C=O) groups is 1. The molecule has 26 heavy (non-hydrogen) atoms. The second-order valence-electron chi connectivity index (χ2n) is 6.40. The zero-order valence-electron chi connectivity index (χ0n) is 14.3. The standard InChI is InChI=1S/C20H18FN3O2/c1-26-18-9-6-13-12-14(7-8-17(13)23-18)22-19(25)24-20(10-11-20)15-4-2-3-5-16(15)21/h2-9,12H,10-11H2,1H3,(H2,22,24,25). The highest BCUT2D eigenvalue weighted by molar-refractivity contribution is 5.93. The van der Waals surface area contributed by atoms with Crippen LogP contribution in [0.15, 0.2) is 54.6 Å². The Balaban J connectivity index is 1.50. The number of aromatic nitrogens is 1. The van der Waals surface area contributed by atoms with Crippen LogP contribution in [0, 0.1) is 5.82 Å². The number of fused-ring (bicyclic) bond motifs is 1. The third kappa shape index (κ3) is 3.06. The zero-order chi connectivity index (χ0) is 18.1. The molecule has 0 spiro atoms. The van der Waals surface area contributed by atoms with E-state index >= 15 is 0 Å². The summed E-state index contributed by atoms with van der Waals surface area (Å²) < 4.78 is 19.2. The second kappa shape index (κ2) is 6.29. The SMILES string of the molecule is COc1ccc2cc(NC(=O)NC3(c4ccccc4F)CC3)ccc2n1. The van der Waals surface area contributed by atoms with Crippen molar-refractivity contribution >= 4 is 22.6 Å². The minimum atomic E-state index is -0.610. The molecule has 0 saturated heterocycles. The average Bonchev–Trinajstić information content (AvgIpc) is 3.41. The molecule has 0 aliphatic heterocycles. The first-order chi connectivity index (χ1) is 12.6. The quantitative estimate of drug-likeness (QED) is 0.741. The molecule has 1 aliphatic rings. The molecule has 2 N–H and O–H groups in total. The molecular formula is C20H18FN3O2. The molecule has 2 aromatic carbocycles. The number of nitrogens with zero attached hydrogens (tertiary/aromatic N) is 1. The smallest absolute Gasteiger partial charge is 0.319 e. The number of anilines is 1. The third-order valence-corrected chi connectivity index (χ3v) is 4.62. The maximum absolute atomic E-state index is 14.1. The lowest BCUT2D eigenvalue weighted by atomic mass is 10.0. The largest absolute Gasteiger partial charge is 0.481 e. The monoisotopic (exact) mass is 351 g/mol. The molecule has 3 aromatic rings. The lowest BCUT2D eigenvalue weighted by Gasteiger charge is -2.19. The number of methoxy groups -OCH3 is 1. The molecule has 1 fully saturated rings. The van der Waals surface area contributed by atoms with Crippen molar-refractivity contribution in [3.05, 3.63) is 66.0 Å². The number of benzene rings is 2. The van der Waals surface area contributed by atoms with Crippen LogP contribution in [0.1, 0.15) is 18.4 Å². The molecular weight excluding hydrogens is 333 g/mol. The summed E-state index contributed by atoms with van der Waals surface area (Å²) in [5.41, 5.74) is 1.35. The summed E-state index contributed by atoms with van der Waals surface area (Å²) in [5, 5.41) is 6.62. The van der Waals surface area contributed by atoms with Crippen LogP contribution in [0.2, 0.25) is 0 Å². The van der Waals surface area contributed by atoms with E-state index in [1.165, 1.54) is 6.07 Å². The molecule has 1 aromatic heterocycles. The summed E-state index contributed by atoms with van der Waals surface area (Å²) >= 11 is 0. The van der Waals surface area contributed by atoms with Crippen molar-refractivity contribution in [2.24, 2.45) is 0 Å². The van der Waals surface area contributed by atoms with Crippen LogP contribution in [0.25, 0.3) is 10.9 Å². The molecule has 2 amide bonds. The van der Waals surface area contributed by atoms with E-state index < -0.39 is 5.54 Å². The van der Waals surface area contributed by atoms with Gasteiger partial charge in [-0.1, -0.05) is 18.2 Å². The first kappa shape index (κ1) is 16.3. The Morgan fingerprint density at radius 3 is 2.69 bits per heavy atom. The van der Waals surface area contributed by atoms with Crippen LogP contribution in [0.4, 0.5) is 14.9 Å². The van der Waals surface area contributed by atoms with Gasteiger partial charge in [-0.3, -0.25) is 0 Å². The molecule has 4 rings (SSSR count). The van der Waals surface area contributed by atoms with Gasteiger partial charge in [0.25, 0.3) is 0 Å². The molecule has 1 saturated carbocycles. The van der Waals surface area contributed by atoms with Crippen LogP contribution in [0.3, 0.4) is 0 Å². The van der Waals surface area contributed by atoms with E-state index in [1.54, 1.807) is 37.4 Å². The molecule has 6 heteroatoms. The average molecular weight is 351 g/mol. The molecule has 1 heterocycles. The van der Waals surface area contributed by atoms with Crippen molar-refractivity contribution in [1.82, 2.24) is 10.3 Å². The number of halogens is 1. The fourth-order valence-electron chi connectivity index (χ4n) is 3.11. The maximum Gasteiger partial charge on any atom is 0.319 e. The number of nitrogens with one attached hydrogen (secondary N) is 2.